The van der Waals surface area contributed by atoms with Crippen LogP contribution >= 0.6 is 24.0 Å². The summed E-state index contributed by atoms with van der Waals surface area (Å²) in [5.74, 6) is 1.52. The van der Waals surface area contributed by atoms with Crippen LogP contribution in [0.25, 0.3) is 0 Å². The van der Waals surface area contributed by atoms with Crippen LogP contribution in [0, 0.1) is 0 Å². The number of hydrogen-bond acceptors (Lipinski definition) is 3. The molecule has 0 aromatic heterocycles. The number of nitrogens with zero attached hydrogens (tertiary/aromatic N) is 2. The van der Waals surface area contributed by atoms with Crippen molar-refractivity contribution in [2.75, 3.05) is 33.4 Å². The summed E-state index contributed by atoms with van der Waals surface area (Å²) >= 11 is 0. The van der Waals surface area contributed by atoms with E-state index in [0.717, 1.165) is 24.4 Å². The summed E-state index contributed by atoms with van der Waals surface area (Å²) in [5.41, 5.74) is 7.18. The molecule has 0 atom stereocenters. The van der Waals surface area contributed by atoms with Crippen LogP contribution in [0.2, 0.25) is 0 Å². The molecule has 0 aliphatic carbocycles. The molecule has 1 saturated heterocycles. The fourth-order valence-corrected chi connectivity index (χ4v) is 2.54. The fraction of sp³-hybridized carbons (Fsp3) is 0.588. The van der Waals surface area contributed by atoms with Gasteiger partial charge in [0.2, 0.25) is 0 Å². The van der Waals surface area contributed by atoms with Crippen LogP contribution in [0.1, 0.15) is 31.2 Å². The molecule has 0 unspecified atom stereocenters. The van der Waals surface area contributed by atoms with Crippen molar-refractivity contribution in [3.05, 3.63) is 29.8 Å². The molecule has 0 bridgehead atoms. The highest BCUT2D eigenvalue weighted by Crippen LogP contribution is 2.12. The predicted octanol–water partition coefficient (Wildman–Crippen LogP) is 3.02. The maximum Gasteiger partial charge on any atom is 0.191 e. The van der Waals surface area contributed by atoms with Gasteiger partial charge in [-0.15, -0.1) is 24.0 Å². The highest BCUT2D eigenvalue weighted by Gasteiger charge is 2.10. The maximum absolute atomic E-state index is 6.05. The van der Waals surface area contributed by atoms with E-state index in [-0.39, 0.29) is 24.0 Å². The summed E-state index contributed by atoms with van der Waals surface area (Å²) in [5, 5.41) is 0. The van der Waals surface area contributed by atoms with Crippen molar-refractivity contribution in [1.29, 1.82) is 0 Å². The van der Waals surface area contributed by atoms with Crippen molar-refractivity contribution < 1.29 is 9.47 Å². The molecule has 1 aliphatic rings. The third-order valence-corrected chi connectivity index (χ3v) is 3.87. The second-order valence-corrected chi connectivity index (χ2v) is 5.54. The Morgan fingerprint density at radius 1 is 1.13 bits per heavy atom. The maximum atomic E-state index is 6.05. The van der Waals surface area contributed by atoms with Crippen LogP contribution in [0.5, 0.6) is 5.75 Å². The summed E-state index contributed by atoms with van der Waals surface area (Å²) in [4.78, 5) is 6.61. The lowest BCUT2D eigenvalue weighted by atomic mass is 10.2. The van der Waals surface area contributed by atoms with Gasteiger partial charge in [0.1, 0.15) is 5.75 Å². The number of methoxy groups -OCH3 is 1. The van der Waals surface area contributed by atoms with Crippen LogP contribution in [0.15, 0.2) is 29.3 Å². The highest BCUT2D eigenvalue weighted by molar-refractivity contribution is 14.0. The van der Waals surface area contributed by atoms with E-state index in [1.165, 1.54) is 25.7 Å². The van der Waals surface area contributed by atoms with Crippen LogP contribution in [-0.2, 0) is 11.3 Å². The molecule has 130 valence electrons. The number of nitrogens with two attached hydrogens (primary N) is 1. The van der Waals surface area contributed by atoms with Gasteiger partial charge in [-0.05, 0) is 30.5 Å². The van der Waals surface area contributed by atoms with Crippen molar-refractivity contribution in [3.63, 3.8) is 0 Å². The van der Waals surface area contributed by atoms with Crippen LogP contribution in [0.3, 0.4) is 0 Å². The molecule has 2 rings (SSSR count). The summed E-state index contributed by atoms with van der Waals surface area (Å²) in [7, 11) is 1.66. The third-order valence-electron chi connectivity index (χ3n) is 3.87. The van der Waals surface area contributed by atoms with Crippen molar-refractivity contribution in [2.24, 2.45) is 10.7 Å². The van der Waals surface area contributed by atoms with E-state index >= 15 is 0 Å². The van der Waals surface area contributed by atoms with E-state index in [9.17, 15) is 0 Å². The van der Waals surface area contributed by atoms with Crippen molar-refractivity contribution in [3.8, 4) is 5.75 Å². The molecule has 5 nitrogen and oxygen atoms in total. The van der Waals surface area contributed by atoms with E-state index in [4.69, 9.17) is 15.2 Å². The van der Waals surface area contributed by atoms with Gasteiger partial charge in [0, 0.05) is 13.1 Å². The average molecular weight is 433 g/mol. The van der Waals surface area contributed by atoms with Gasteiger partial charge in [0.15, 0.2) is 5.96 Å². The van der Waals surface area contributed by atoms with Crippen molar-refractivity contribution in [2.45, 2.75) is 32.3 Å². The van der Waals surface area contributed by atoms with Gasteiger partial charge in [-0.25, -0.2) is 0 Å². The van der Waals surface area contributed by atoms with Crippen LogP contribution < -0.4 is 10.5 Å². The Hall–Kier alpha value is -1.02. The number of hydrogen-bond donors (Lipinski definition) is 1. The van der Waals surface area contributed by atoms with Gasteiger partial charge in [-0.2, -0.15) is 0 Å². The smallest absolute Gasteiger partial charge is 0.191 e. The molecule has 1 aliphatic heterocycles. The molecule has 0 spiro atoms. The SMILES string of the molecule is COc1ccc(COCCN=C(N)N2CCCCCC2)cc1.I. The van der Waals surface area contributed by atoms with E-state index in [0.29, 0.717) is 25.7 Å². The first-order valence-electron chi connectivity index (χ1n) is 8.05. The van der Waals surface area contributed by atoms with Gasteiger partial charge in [-0.3, -0.25) is 4.99 Å². The first kappa shape index (κ1) is 20.0. The zero-order valence-corrected chi connectivity index (χ0v) is 16.2. The summed E-state index contributed by atoms with van der Waals surface area (Å²) in [6, 6.07) is 7.89. The first-order valence-corrected chi connectivity index (χ1v) is 8.05. The minimum absolute atomic E-state index is 0. The number of likely N-dealkylation sites (tertiary alicyclic amines) is 1. The highest BCUT2D eigenvalue weighted by atomic mass is 127. The van der Waals surface area contributed by atoms with E-state index < -0.39 is 0 Å². The van der Waals surface area contributed by atoms with Gasteiger partial charge >= 0.3 is 0 Å². The molecule has 1 heterocycles. The molecule has 6 heteroatoms. The predicted molar refractivity (Wildman–Crippen MR) is 105 cm³/mol. The summed E-state index contributed by atoms with van der Waals surface area (Å²) in [6.45, 7) is 3.84. The minimum atomic E-state index is 0. The van der Waals surface area contributed by atoms with E-state index in [1.54, 1.807) is 7.11 Å². The van der Waals surface area contributed by atoms with Gasteiger partial charge < -0.3 is 20.1 Å². The number of rotatable bonds is 6. The average Bonchev–Trinajstić information content (AvgIpc) is 2.84. The molecular formula is C17H28IN3O2. The van der Waals surface area contributed by atoms with E-state index in [1.807, 2.05) is 24.3 Å². The zero-order chi connectivity index (χ0) is 15.6. The van der Waals surface area contributed by atoms with Gasteiger partial charge in [0.05, 0.1) is 26.9 Å². The molecule has 1 aromatic rings. The van der Waals surface area contributed by atoms with Crippen molar-refractivity contribution >= 4 is 29.9 Å². The normalized spacial score (nSPS) is 15.7. The molecule has 23 heavy (non-hydrogen) atoms. The summed E-state index contributed by atoms with van der Waals surface area (Å²) < 4.78 is 10.8. The monoisotopic (exact) mass is 433 g/mol. The Morgan fingerprint density at radius 3 is 2.39 bits per heavy atom. The quantitative estimate of drug-likeness (QED) is 0.324. The molecule has 0 saturated carbocycles. The second kappa shape index (κ2) is 11.5. The zero-order valence-electron chi connectivity index (χ0n) is 13.9. The lowest BCUT2D eigenvalue weighted by Crippen LogP contribution is -2.38. The molecule has 1 fully saturated rings. The number of ether oxygens (including phenoxy) is 2. The van der Waals surface area contributed by atoms with Crippen LogP contribution in [-0.4, -0.2) is 44.2 Å². The first-order chi connectivity index (χ1) is 10.8. The molecule has 0 amide bonds. The van der Waals surface area contributed by atoms with Crippen LogP contribution in [0.4, 0.5) is 0 Å². The van der Waals surface area contributed by atoms with Gasteiger partial charge in [0.25, 0.3) is 0 Å². The third kappa shape index (κ3) is 7.39. The Kier molecular flexibility index (Phi) is 10.0. The summed E-state index contributed by atoms with van der Waals surface area (Å²) in [6.07, 6.45) is 5.03. The van der Waals surface area contributed by atoms with Crippen molar-refractivity contribution in [1.82, 2.24) is 4.90 Å². The fourth-order valence-electron chi connectivity index (χ4n) is 2.54. The minimum Gasteiger partial charge on any atom is -0.497 e. The Morgan fingerprint density at radius 2 is 1.78 bits per heavy atom. The lowest BCUT2D eigenvalue weighted by Gasteiger charge is -2.21. The standard InChI is InChI=1S/C17H27N3O2.HI/c1-21-16-8-6-15(7-9-16)14-22-13-10-19-17(18)20-11-4-2-3-5-12-20;/h6-9H,2-5,10-14H2,1H3,(H2,18,19);1H. The van der Waals surface area contributed by atoms with E-state index in [2.05, 4.69) is 9.89 Å². The number of benzene rings is 1. The largest absolute Gasteiger partial charge is 0.497 e. The molecule has 2 N–H and O–H groups in total. The topological polar surface area (TPSA) is 60.1 Å². The molecule has 0 radical (unpaired) electrons. The Labute approximate surface area is 156 Å². The second-order valence-electron chi connectivity index (χ2n) is 5.54. The number of guanidine groups is 1. The molecule has 1 aromatic carbocycles. The Balaban J connectivity index is 0.00000264. The molecular weight excluding hydrogens is 405 g/mol. The lowest BCUT2D eigenvalue weighted by molar-refractivity contribution is 0.128. The number of aliphatic imine (C=N–C) groups is 1. The Bertz CT molecular complexity index is 457. The van der Waals surface area contributed by atoms with Gasteiger partial charge in [-0.1, -0.05) is 25.0 Å². The number of halogens is 1.